The number of methoxy groups -OCH3 is 1. The summed E-state index contributed by atoms with van der Waals surface area (Å²) >= 11 is 0. The lowest BCUT2D eigenvalue weighted by atomic mass is 10.1. The second-order valence-corrected chi connectivity index (χ2v) is 8.75. The molecule has 4 aromatic rings. The molecule has 3 aromatic carbocycles. The van der Waals surface area contributed by atoms with Crippen LogP contribution in [0.15, 0.2) is 89.0 Å². The SMILES string of the molecule is COC(=O)/C(=C\c1ccc(OCCc2nc(-c3ccccc3)oc2C)c(C)c1)NC(=O)OCc1ccccc1. The summed E-state index contributed by atoms with van der Waals surface area (Å²) in [6.45, 7) is 4.29. The Morgan fingerprint density at radius 2 is 1.69 bits per heavy atom. The number of rotatable bonds is 10. The van der Waals surface area contributed by atoms with Gasteiger partial charge in [0.2, 0.25) is 5.89 Å². The molecule has 0 spiro atoms. The molecule has 0 unspecified atom stereocenters. The fraction of sp³-hybridized carbons (Fsp3) is 0.194. The Bertz CT molecular complexity index is 1440. The van der Waals surface area contributed by atoms with E-state index in [1.54, 1.807) is 6.07 Å². The van der Waals surface area contributed by atoms with Crippen LogP contribution in [0.1, 0.15) is 28.1 Å². The lowest BCUT2D eigenvalue weighted by Crippen LogP contribution is -2.28. The molecule has 1 heterocycles. The van der Waals surface area contributed by atoms with Crippen LogP contribution in [-0.2, 0) is 27.3 Å². The van der Waals surface area contributed by atoms with E-state index >= 15 is 0 Å². The molecular weight excluding hydrogens is 496 g/mol. The maximum Gasteiger partial charge on any atom is 0.412 e. The topological polar surface area (TPSA) is 99.9 Å². The number of hydrogen-bond donors (Lipinski definition) is 1. The van der Waals surface area contributed by atoms with Crippen LogP contribution in [0, 0.1) is 13.8 Å². The molecule has 0 aliphatic heterocycles. The number of aryl methyl sites for hydroxylation is 2. The van der Waals surface area contributed by atoms with Crippen LogP contribution in [0.3, 0.4) is 0 Å². The predicted octanol–water partition coefficient (Wildman–Crippen LogP) is 6.02. The number of carbonyl (C=O) groups is 2. The van der Waals surface area contributed by atoms with Crippen molar-refractivity contribution in [3.63, 3.8) is 0 Å². The molecule has 0 fully saturated rings. The van der Waals surface area contributed by atoms with E-state index in [2.05, 4.69) is 10.3 Å². The Morgan fingerprint density at radius 3 is 2.38 bits per heavy atom. The largest absolute Gasteiger partial charge is 0.493 e. The predicted molar refractivity (Wildman–Crippen MR) is 147 cm³/mol. The summed E-state index contributed by atoms with van der Waals surface area (Å²) in [5.74, 6) is 1.36. The number of aromatic nitrogens is 1. The number of nitrogens with one attached hydrogen (secondary N) is 1. The van der Waals surface area contributed by atoms with Crippen molar-refractivity contribution >= 4 is 18.1 Å². The highest BCUT2D eigenvalue weighted by Crippen LogP contribution is 2.23. The minimum Gasteiger partial charge on any atom is -0.493 e. The fourth-order valence-electron chi connectivity index (χ4n) is 3.84. The van der Waals surface area contributed by atoms with E-state index in [1.165, 1.54) is 13.2 Å². The van der Waals surface area contributed by atoms with Gasteiger partial charge >= 0.3 is 12.1 Å². The summed E-state index contributed by atoms with van der Waals surface area (Å²) in [6.07, 6.45) is 1.35. The van der Waals surface area contributed by atoms with Gasteiger partial charge in [-0.2, -0.15) is 0 Å². The molecule has 8 nitrogen and oxygen atoms in total. The zero-order valence-corrected chi connectivity index (χ0v) is 22.1. The van der Waals surface area contributed by atoms with Gasteiger partial charge in [-0.05, 0) is 60.9 Å². The quantitative estimate of drug-likeness (QED) is 0.199. The molecule has 0 saturated carbocycles. The van der Waals surface area contributed by atoms with Crippen LogP contribution in [0.2, 0.25) is 0 Å². The molecule has 0 aliphatic rings. The van der Waals surface area contributed by atoms with Crippen molar-refractivity contribution < 1.29 is 28.2 Å². The summed E-state index contributed by atoms with van der Waals surface area (Å²) in [5, 5.41) is 2.47. The maximum absolute atomic E-state index is 12.3. The van der Waals surface area contributed by atoms with Gasteiger partial charge in [-0.1, -0.05) is 54.6 Å². The summed E-state index contributed by atoms with van der Waals surface area (Å²) in [7, 11) is 1.24. The lowest BCUT2D eigenvalue weighted by Gasteiger charge is -2.11. The second kappa shape index (κ2) is 13.1. The minimum atomic E-state index is -0.759. The van der Waals surface area contributed by atoms with E-state index in [9.17, 15) is 9.59 Å². The van der Waals surface area contributed by atoms with Crippen molar-refractivity contribution in [1.82, 2.24) is 10.3 Å². The third kappa shape index (κ3) is 7.58. The van der Waals surface area contributed by atoms with Gasteiger partial charge in [-0.15, -0.1) is 0 Å². The van der Waals surface area contributed by atoms with Gasteiger partial charge < -0.3 is 18.6 Å². The van der Waals surface area contributed by atoms with E-state index in [0.717, 1.165) is 28.1 Å². The Kier molecular flexibility index (Phi) is 9.13. The standard InChI is InChI=1S/C31H30N2O6/c1-21-18-24(19-27(30(34)36-3)33-31(35)38-20-23-10-6-4-7-11-23)14-15-28(21)37-17-16-26-22(2)39-29(32-26)25-12-8-5-9-13-25/h4-15,18-19H,16-17,20H2,1-3H3,(H,33,35)/b27-19+. The Hall–Kier alpha value is -4.85. The van der Waals surface area contributed by atoms with E-state index in [1.807, 2.05) is 86.6 Å². The van der Waals surface area contributed by atoms with Gasteiger partial charge in [-0.3, -0.25) is 5.32 Å². The molecule has 0 atom stereocenters. The Balaban J connectivity index is 1.36. The number of benzene rings is 3. The van der Waals surface area contributed by atoms with E-state index in [4.69, 9.17) is 18.6 Å². The lowest BCUT2D eigenvalue weighted by molar-refractivity contribution is -0.136. The number of carbonyl (C=O) groups excluding carboxylic acids is 2. The first-order valence-corrected chi connectivity index (χ1v) is 12.5. The summed E-state index contributed by atoms with van der Waals surface area (Å²) in [6, 6.07) is 24.5. The third-order valence-corrected chi connectivity index (χ3v) is 5.87. The molecule has 1 N–H and O–H groups in total. The average molecular weight is 527 g/mol. The van der Waals surface area contributed by atoms with Crippen LogP contribution in [-0.4, -0.2) is 30.8 Å². The molecule has 0 saturated heterocycles. The number of alkyl carbamates (subject to hydrolysis) is 1. The second-order valence-electron chi connectivity index (χ2n) is 8.75. The van der Waals surface area contributed by atoms with Gasteiger partial charge in [0.1, 0.15) is 23.8 Å². The summed E-state index contributed by atoms with van der Waals surface area (Å²) < 4.78 is 21.9. The van der Waals surface area contributed by atoms with Crippen molar-refractivity contribution in [3.05, 3.63) is 113 Å². The highest BCUT2D eigenvalue weighted by atomic mass is 16.6. The van der Waals surface area contributed by atoms with E-state index in [0.29, 0.717) is 30.2 Å². The number of ether oxygens (including phenoxy) is 3. The zero-order chi connectivity index (χ0) is 27.6. The molecule has 200 valence electrons. The Morgan fingerprint density at radius 1 is 0.974 bits per heavy atom. The number of hydrogen-bond acceptors (Lipinski definition) is 7. The van der Waals surface area contributed by atoms with Gasteiger partial charge in [0.05, 0.1) is 19.4 Å². The van der Waals surface area contributed by atoms with E-state index < -0.39 is 12.1 Å². The molecule has 0 radical (unpaired) electrons. The van der Waals surface area contributed by atoms with Crippen molar-refractivity contribution in [1.29, 1.82) is 0 Å². The van der Waals surface area contributed by atoms with Crippen LogP contribution >= 0.6 is 0 Å². The summed E-state index contributed by atoms with van der Waals surface area (Å²) in [4.78, 5) is 29.2. The van der Waals surface area contributed by atoms with Crippen molar-refractivity contribution in [2.45, 2.75) is 26.9 Å². The molecule has 4 rings (SSSR count). The number of esters is 1. The first-order valence-electron chi connectivity index (χ1n) is 12.5. The van der Waals surface area contributed by atoms with Gasteiger partial charge in [0, 0.05) is 12.0 Å². The van der Waals surface area contributed by atoms with Gasteiger partial charge in [0.15, 0.2) is 0 Å². The third-order valence-electron chi connectivity index (χ3n) is 5.87. The fourth-order valence-corrected chi connectivity index (χ4v) is 3.84. The summed E-state index contributed by atoms with van der Waals surface area (Å²) in [5.41, 5.74) is 4.11. The number of amides is 1. The van der Waals surface area contributed by atoms with Gasteiger partial charge in [0.25, 0.3) is 0 Å². The number of nitrogens with zero attached hydrogens (tertiary/aromatic N) is 1. The van der Waals surface area contributed by atoms with Crippen molar-refractivity contribution in [2.75, 3.05) is 13.7 Å². The van der Waals surface area contributed by atoms with Crippen LogP contribution in [0.5, 0.6) is 5.75 Å². The monoisotopic (exact) mass is 526 g/mol. The van der Waals surface area contributed by atoms with Crippen LogP contribution < -0.4 is 10.1 Å². The van der Waals surface area contributed by atoms with Crippen molar-refractivity contribution in [3.8, 4) is 17.2 Å². The van der Waals surface area contributed by atoms with Gasteiger partial charge in [-0.25, -0.2) is 14.6 Å². The maximum atomic E-state index is 12.3. The molecule has 39 heavy (non-hydrogen) atoms. The Labute approximate surface area is 227 Å². The molecule has 8 heteroatoms. The molecule has 1 amide bonds. The molecule has 0 bridgehead atoms. The van der Waals surface area contributed by atoms with Crippen molar-refractivity contribution in [2.24, 2.45) is 0 Å². The normalized spacial score (nSPS) is 11.1. The van der Waals surface area contributed by atoms with Crippen LogP contribution in [0.4, 0.5) is 4.79 Å². The molecule has 0 aliphatic carbocycles. The number of oxazole rings is 1. The average Bonchev–Trinajstić information content (AvgIpc) is 3.33. The molecular formula is C31H30N2O6. The first-order chi connectivity index (χ1) is 18.9. The zero-order valence-electron chi connectivity index (χ0n) is 22.1. The smallest absolute Gasteiger partial charge is 0.412 e. The highest BCUT2D eigenvalue weighted by Gasteiger charge is 2.15. The highest BCUT2D eigenvalue weighted by molar-refractivity contribution is 5.96. The first kappa shape index (κ1) is 27.2. The minimum absolute atomic E-state index is 0.0423. The molecule has 1 aromatic heterocycles. The van der Waals surface area contributed by atoms with Crippen LogP contribution in [0.25, 0.3) is 17.5 Å². The van der Waals surface area contributed by atoms with E-state index in [-0.39, 0.29) is 12.3 Å².